The smallest absolute Gasteiger partial charge is 0.229 e. The van der Waals surface area contributed by atoms with E-state index in [1.165, 1.54) is 25.1 Å². The zero-order chi connectivity index (χ0) is 27.2. The normalized spacial score (nSPS) is 34.4. The summed E-state index contributed by atoms with van der Waals surface area (Å²) in [6.07, 6.45) is -13.9. The molecule has 204 valence electrons. The number of aliphatic hydroxyl groups excluding tert-OH is 6. The van der Waals surface area contributed by atoms with Crippen LogP contribution in [0.2, 0.25) is 0 Å². The van der Waals surface area contributed by atoms with E-state index < -0.39 is 73.4 Å². The van der Waals surface area contributed by atoms with E-state index in [1.807, 2.05) is 0 Å². The van der Waals surface area contributed by atoms with Gasteiger partial charge in [0.15, 0.2) is 12.1 Å². The molecule has 13 heteroatoms. The summed E-state index contributed by atoms with van der Waals surface area (Å²) in [6.45, 7) is 2.06. The van der Waals surface area contributed by atoms with Crippen LogP contribution in [0, 0.1) is 6.92 Å². The molecule has 0 aliphatic carbocycles. The van der Waals surface area contributed by atoms with E-state index in [2.05, 4.69) is 0 Å². The highest BCUT2D eigenvalue weighted by atomic mass is 16.7. The first kappa shape index (κ1) is 27.4. The topological polar surface area (TPSA) is 216 Å². The van der Waals surface area contributed by atoms with Gasteiger partial charge in [0.05, 0.1) is 24.2 Å². The lowest BCUT2D eigenvalue weighted by Gasteiger charge is -2.41. The molecule has 2 saturated heterocycles. The SMILES string of the molecule is CC(=O)c1c(C)cc2c(O)ccc(O[C@@H]3O[C@H](CO[C@H]4OC[C@@H](O)[C@@H](O)[C@H]4O)[C@@H](O)[C@H](O)[C@H]3O)c2c1O. The van der Waals surface area contributed by atoms with Crippen LogP contribution in [0.15, 0.2) is 18.2 Å². The molecule has 0 bridgehead atoms. The van der Waals surface area contributed by atoms with E-state index in [9.17, 15) is 45.6 Å². The van der Waals surface area contributed by atoms with Crippen LogP contribution >= 0.6 is 0 Å². The highest BCUT2D eigenvalue weighted by Gasteiger charge is 2.46. The summed E-state index contributed by atoms with van der Waals surface area (Å²) in [4.78, 5) is 12.1. The standard InChI is InChI=1S/C24H30O13/c1-8-5-10-11(26)3-4-13(16(10)19(30)15(8)9(2)25)36-24-22(33)20(31)18(29)14(37-24)7-35-23-21(32)17(28)12(27)6-34-23/h3-5,12,14,17-18,20-24,26-33H,6-7H2,1-2H3/t12-,14-,17-,18-,20+,21-,22-,23-,24-/m1/s1. The number of benzene rings is 2. The Morgan fingerprint density at radius 3 is 2.32 bits per heavy atom. The Morgan fingerprint density at radius 2 is 1.65 bits per heavy atom. The van der Waals surface area contributed by atoms with Gasteiger partial charge in [-0.1, -0.05) is 0 Å². The van der Waals surface area contributed by atoms with Gasteiger partial charge in [-0.15, -0.1) is 0 Å². The number of Topliss-reactive ketones (excluding diaryl/α,β-unsaturated/α-hetero) is 1. The molecular formula is C24H30O13. The third-order valence-corrected chi connectivity index (χ3v) is 6.56. The predicted octanol–water partition coefficient (Wildman–Crippen LogP) is -1.60. The summed E-state index contributed by atoms with van der Waals surface area (Å²) in [5, 5.41) is 81.9. The molecule has 2 aromatic rings. The number of aromatic hydroxyl groups is 2. The average molecular weight is 526 g/mol. The molecule has 0 saturated carbocycles. The molecule has 2 heterocycles. The molecule has 8 N–H and O–H groups in total. The Morgan fingerprint density at radius 1 is 0.973 bits per heavy atom. The van der Waals surface area contributed by atoms with Crippen molar-refractivity contribution in [1.82, 2.24) is 0 Å². The summed E-state index contributed by atoms with van der Waals surface area (Å²) >= 11 is 0. The van der Waals surface area contributed by atoms with E-state index in [0.717, 1.165) is 0 Å². The van der Waals surface area contributed by atoms with Crippen molar-refractivity contribution in [3.63, 3.8) is 0 Å². The minimum absolute atomic E-state index is 0.00754. The average Bonchev–Trinajstić information content (AvgIpc) is 2.84. The molecule has 2 aliphatic heterocycles. The summed E-state index contributed by atoms with van der Waals surface area (Å²) in [5.41, 5.74) is 0.424. The second kappa shape index (κ2) is 10.6. The fraction of sp³-hybridized carbons (Fsp3) is 0.542. The number of rotatable bonds is 6. The summed E-state index contributed by atoms with van der Waals surface area (Å²) in [7, 11) is 0. The van der Waals surface area contributed by atoms with Gasteiger partial charge in [0.25, 0.3) is 0 Å². The number of ether oxygens (including phenoxy) is 4. The first-order valence-electron chi connectivity index (χ1n) is 11.5. The van der Waals surface area contributed by atoms with Crippen molar-refractivity contribution in [3.8, 4) is 17.2 Å². The molecule has 0 radical (unpaired) electrons. The molecule has 2 aromatic carbocycles. The van der Waals surface area contributed by atoms with Crippen LogP contribution in [0.3, 0.4) is 0 Å². The molecule has 2 aliphatic rings. The Kier molecular flexibility index (Phi) is 7.90. The summed E-state index contributed by atoms with van der Waals surface area (Å²) < 4.78 is 21.9. The Hall–Kier alpha value is -2.59. The quantitative estimate of drug-likeness (QED) is 0.199. The fourth-order valence-corrected chi connectivity index (χ4v) is 4.51. The number of hydrogen-bond acceptors (Lipinski definition) is 13. The van der Waals surface area contributed by atoms with Gasteiger partial charge in [-0.25, -0.2) is 0 Å². The lowest BCUT2D eigenvalue weighted by atomic mass is 9.96. The molecular weight excluding hydrogens is 496 g/mol. The lowest BCUT2D eigenvalue weighted by Crippen LogP contribution is -2.61. The number of phenolic OH excluding ortho intramolecular Hbond substituents is 2. The Bertz CT molecular complexity index is 1150. The van der Waals surface area contributed by atoms with E-state index >= 15 is 0 Å². The molecule has 37 heavy (non-hydrogen) atoms. The van der Waals surface area contributed by atoms with Gasteiger partial charge in [0, 0.05) is 5.39 Å². The van der Waals surface area contributed by atoms with Gasteiger partial charge in [-0.2, -0.15) is 0 Å². The number of carbonyl (C=O) groups excluding carboxylic acids is 1. The third kappa shape index (κ3) is 5.10. The number of aliphatic hydroxyl groups is 6. The van der Waals surface area contributed by atoms with Crippen LogP contribution in [0.5, 0.6) is 17.2 Å². The second-order valence-corrected chi connectivity index (χ2v) is 9.19. The van der Waals surface area contributed by atoms with Crippen molar-refractivity contribution in [2.24, 2.45) is 0 Å². The van der Waals surface area contributed by atoms with E-state index in [-0.39, 0.29) is 34.4 Å². The third-order valence-electron chi connectivity index (χ3n) is 6.56. The number of aryl methyl sites for hydroxylation is 1. The van der Waals surface area contributed by atoms with Crippen LogP contribution in [0.4, 0.5) is 0 Å². The maximum atomic E-state index is 12.1. The number of hydrogen-bond donors (Lipinski definition) is 8. The van der Waals surface area contributed by atoms with Crippen molar-refractivity contribution in [1.29, 1.82) is 0 Å². The highest BCUT2D eigenvalue weighted by molar-refractivity contribution is 6.08. The molecule has 13 nitrogen and oxygen atoms in total. The number of ketones is 1. The van der Waals surface area contributed by atoms with Crippen molar-refractivity contribution in [2.75, 3.05) is 13.2 Å². The van der Waals surface area contributed by atoms with Crippen molar-refractivity contribution < 1.29 is 64.6 Å². The van der Waals surface area contributed by atoms with Crippen molar-refractivity contribution >= 4 is 16.6 Å². The van der Waals surface area contributed by atoms with Gasteiger partial charge >= 0.3 is 0 Å². The molecule has 2 fully saturated rings. The maximum absolute atomic E-state index is 12.1. The van der Waals surface area contributed by atoms with E-state index in [1.54, 1.807) is 6.92 Å². The Labute approximate surface area is 210 Å². The molecule has 0 aromatic heterocycles. The van der Waals surface area contributed by atoms with Gasteiger partial charge in [0.1, 0.15) is 60.0 Å². The monoisotopic (exact) mass is 526 g/mol. The van der Waals surface area contributed by atoms with Gasteiger partial charge in [-0.3, -0.25) is 4.79 Å². The van der Waals surface area contributed by atoms with Gasteiger partial charge in [0.2, 0.25) is 6.29 Å². The molecule has 4 rings (SSSR count). The minimum Gasteiger partial charge on any atom is -0.507 e. The largest absolute Gasteiger partial charge is 0.507 e. The Balaban J connectivity index is 1.58. The number of phenols is 2. The molecule has 0 amide bonds. The summed E-state index contributed by atoms with van der Waals surface area (Å²) in [6, 6.07) is 4.03. The first-order chi connectivity index (χ1) is 17.4. The lowest BCUT2D eigenvalue weighted by molar-refractivity contribution is -0.307. The zero-order valence-electron chi connectivity index (χ0n) is 20.0. The van der Waals surface area contributed by atoms with Crippen LogP contribution in [-0.4, -0.2) is 115 Å². The number of fused-ring (bicyclic) bond motifs is 1. The maximum Gasteiger partial charge on any atom is 0.229 e. The predicted molar refractivity (Wildman–Crippen MR) is 123 cm³/mol. The zero-order valence-corrected chi connectivity index (χ0v) is 20.0. The van der Waals surface area contributed by atoms with E-state index in [0.29, 0.717) is 5.56 Å². The first-order valence-corrected chi connectivity index (χ1v) is 11.5. The second-order valence-electron chi connectivity index (χ2n) is 9.19. The van der Waals surface area contributed by atoms with Crippen LogP contribution in [0.25, 0.3) is 10.8 Å². The van der Waals surface area contributed by atoms with Crippen molar-refractivity contribution in [2.45, 2.75) is 69.2 Å². The van der Waals surface area contributed by atoms with Gasteiger partial charge in [-0.05, 0) is 37.6 Å². The van der Waals surface area contributed by atoms with Crippen LogP contribution in [-0.2, 0) is 14.2 Å². The van der Waals surface area contributed by atoms with Gasteiger partial charge < -0.3 is 59.8 Å². The van der Waals surface area contributed by atoms with E-state index in [4.69, 9.17) is 18.9 Å². The molecule has 0 unspecified atom stereocenters. The van der Waals surface area contributed by atoms with Crippen LogP contribution in [0.1, 0.15) is 22.8 Å². The van der Waals surface area contributed by atoms with Crippen molar-refractivity contribution in [3.05, 3.63) is 29.3 Å². The summed E-state index contributed by atoms with van der Waals surface area (Å²) in [5.74, 6) is -1.19. The van der Waals surface area contributed by atoms with Crippen LogP contribution < -0.4 is 4.74 Å². The molecule has 0 spiro atoms. The minimum atomic E-state index is -1.76. The highest BCUT2D eigenvalue weighted by Crippen LogP contribution is 2.43. The molecule has 9 atom stereocenters. The fourth-order valence-electron chi connectivity index (χ4n) is 4.51. The number of carbonyl (C=O) groups is 1.